The number of carbonyl (C=O) groups is 1. The highest BCUT2D eigenvalue weighted by Gasteiger charge is 2.33. The summed E-state index contributed by atoms with van der Waals surface area (Å²) in [5.41, 5.74) is 9.07. The molecule has 1 aliphatic carbocycles. The van der Waals surface area contributed by atoms with Gasteiger partial charge in [0, 0.05) is 60.1 Å². The molecule has 0 atom stereocenters. The average Bonchev–Trinajstić information content (AvgIpc) is 3.71. The Balaban J connectivity index is 1.57. The van der Waals surface area contributed by atoms with Crippen LogP contribution in [0.25, 0.3) is 11.5 Å². The number of nitrogen functional groups attached to an aromatic ring is 1. The second-order valence-electron chi connectivity index (χ2n) is 9.59. The van der Waals surface area contributed by atoms with Crippen molar-refractivity contribution >= 4 is 28.9 Å². The van der Waals surface area contributed by atoms with Gasteiger partial charge < -0.3 is 25.8 Å². The third-order valence-corrected chi connectivity index (χ3v) is 6.57. The smallest absolute Gasteiger partial charge is 0.250 e. The molecule has 1 aliphatic rings. The molecule has 0 spiro atoms. The number of nitrogens with zero attached hydrogens (tertiary/aromatic N) is 5. The van der Waals surface area contributed by atoms with Gasteiger partial charge in [-0.1, -0.05) is 0 Å². The van der Waals surface area contributed by atoms with Crippen LogP contribution in [0.2, 0.25) is 0 Å². The highest BCUT2D eigenvalue weighted by molar-refractivity contribution is 5.98. The molecule has 1 saturated carbocycles. The molecule has 0 radical (unpaired) electrons. The fourth-order valence-electron chi connectivity index (χ4n) is 4.58. The monoisotopic (exact) mass is 564 g/mol. The molecule has 4 aromatic rings. The van der Waals surface area contributed by atoms with E-state index in [0.717, 1.165) is 24.1 Å². The van der Waals surface area contributed by atoms with Crippen LogP contribution in [0.5, 0.6) is 5.75 Å². The first kappa shape index (κ1) is 27.9. The fraction of sp³-hybridized carbons (Fsp3) is 0.321. The van der Waals surface area contributed by atoms with E-state index in [1.54, 1.807) is 36.1 Å². The van der Waals surface area contributed by atoms with Crippen molar-refractivity contribution in [1.82, 2.24) is 24.7 Å². The van der Waals surface area contributed by atoms with Gasteiger partial charge in [-0.25, -0.2) is 18.7 Å². The lowest BCUT2D eigenvalue weighted by Gasteiger charge is -2.15. The lowest BCUT2D eigenvalue weighted by molar-refractivity contribution is -0.119. The van der Waals surface area contributed by atoms with Crippen molar-refractivity contribution < 1.29 is 23.0 Å². The Hall–Kier alpha value is -4.65. The lowest BCUT2D eigenvalue weighted by Crippen LogP contribution is -2.20. The number of methoxy groups -OCH3 is 1. The first-order valence-electron chi connectivity index (χ1n) is 13.1. The minimum Gasteiger partial charge on any atom is -0.494 e. The SMILES string of the molecule is CCOc1cc(F)c(Cn2nc(-c3nc(N)c(NC(=O)COC)c(Nc4ccncc4)n3)c(C)c2C2CC2)c(F)c1. The van der Waals surface area contributed by atoms with Crippen molar-refractivity contribution in [2.45, 2.75) is 39.2 Å². The molecule has 3 aromatic heterocycles. The van der Waals surface area contributed by atoms with Crippen LogP contribution in [0.3, 0.4) is 0 Å². The van der Waals surface area contributed by atoms with Gasteiger partial charge in [0.2, 0.25) is 0 Å². The summed E-state index contributed by atoms with van der Waals surface area (Å²) in [6, 6.07) is 5.80. The molecular formula is C28H30F2N8O3. The maximum Gasteiger partial charge on any atom is 0.250 e. The molecule has 13 heteroatoms. The van der Waals surface area contributed by atoms with Crippen LogP contribution >= 0.6 is 0 Å². The summed E-state index contributed by atoms with van der Waals surface area (Å²) in [5.74, 6) is -1.13. The zero-order valence-electron chi connectivity index (χ0n) is 22.9. The lowest BCUT2D eigenvalue weighted by atomic mass is 10.1. The fourth-order valence-corrected chi connectivity index (χ4v) is 4.58. The molecule has 0 bridgehead atoms. The number of hydrogen-bond donors (Lipinski definition) is 3. The van der Waals surface area contributed by atoms with Crippen LogP contribution in [0, 0.1) is 18.6 Å². The maximum absolute atomic E-state index is 15.0. The summed E-state index contributed by atoms with van der Waals surface area (Å²) in [7, 11) is 1.40. The van der Waals surface area contributed by atoms with Crippen LogP contribution in [0.15, 0.2) is 36.7 Å². The highest BCUT2D eigenvalue weighted by Crippen LogP contribution is 2.44. The molecule has 11 nitrogen and oxygen atoms in total. The Labute approximate surface area is 235 Å². The molecule has 1 fully saturated rings. The van der Waals surface area contributed by atoms with Crippen molar-refractivity contribution in [1.29, 1.82) is 0 Å². The number of hydrogen-bond acceptors (Lipinski definition) is 9. The van der Waals surface area contributed by atoms with Crippen molar-refractivity contribution in [3.8, 4) is 17.3 Å². The summed E-state index contributed by atoms with van der Waals surface area (Å²) >= 11 is 0. The molecule has 1 aromatic carbocycles. The van der Waals surface area contributed by atoms with Crippen molar-refractivity contribution in [3.63, 3.8) is 0 Å². The molecule has 4 N–H and O–H groups in total. The van der Waals surface area contributed by atoms with Gasteiger partial charge in [-0.05, 0) is 38.8 Å². The Morgan fingerprint density at radius 2 is 1.88 bits per heavy atom. The van der Waals surface area contributed by atoms with Gasteiger partial charge >= 0.3 is 0 Å². The van der Waals surface area contributed by atoms with Crippen LogP contribution in [0.4, 0.5) is 31.8 Å². The normalized spacial score (nSPS) is 12.8. The second-order valence-corrected chi connectivity index (χ2v) is 9.59. The number of nitrogens with one attached hydrogen (secondary N) is 2. The van der Waals surface area contributed by atoms with Gasteiger partial charge in [0.15, 0.2) is 17.5 Å². The Morgan fingerprint density at radius 1 is 1.17 bits per heavy atom. The van der Waals surface area contributed by atoms with Gasteiger partial charge in [-0.15, -0.1) is 0 Å². The van der Waals surface area contributed by atoms with E-state index in [0.29, 0.717) is 18.0 Å². The maximum atomic E-state index is 15.0. The second kappa shape index (κ2) is 11.8. The number of ether oxygens (including phenoxy) is 2. The van der Waals surface area contributed by atoms with Gasteiger partial charge in [0.25, 0.3) is 5.91 Å². The summed E-state index contributed by atoms with van der Waals surface area (Å²) in [4.78, 5) is 25.4. The average molecular weight is 565 g/mol. The third-order valence-electron chi connectivity index (χ3n) is 6.57. The number of nitrogens with two attached hydrogens (primary N) is 1. The summed E-state index contributed by atoms with van der Waals surface area (Å²) in [6.45, 7) is 3.60. The van der Waals surface area contributed by atoms with Crippen molar-refractivity contribution in [2.75, 3.05) is 36.7 Å². The van der Waals surface area contributed by atoms with E-state index in [-0.39, 0.29) is 53.5 Å². The molecule has 5 rings (SSSR count). The van der Waals surface area contributed by atoms with Gasteiger partial charge in [0.05, 0.1) is 13.2 Å². The van der Waals surface area contributed by atoms with E-state index >= 15 is 0 Å². The summed E-state index contributed by atoms with van der Waals surface area (Å²) in [6.07, 6.45) is 5.07. The first-order chi connectivity index (χ1) is 19.8. The molecular weight excluding hydrogens is 534 g/mol. The molecule has 214 valence electrons. The quantitative estimate of drug-likeness (QED) is 0.239. The Kier molecular flexibility index (Phi) is 8.06. The van der Waals surface area contributed by atoms with Crippen LogP contribution in [0.1, 0.15) is 42.5 Å². The molecule has 1 amide bonds. The minimum atomic E-state index is -0.717. The molecule has 0 saturated heterocycles. The Morgan fingerprint density at radius 3 is 2.51 bits per heavy atom. The van der Waals surface area contributed by atoms with E-state index in [1.165, 1.54) is 19.2 Å². The Bertz CT molecular complexity index is 1550. The number of halogens is 2. The highest BCUT2D eigenvalue weighted by atomic mass is 19.1. The molecule has 41 heavy (non-hydrogen) atoms. The van der Waals surface area contributed by atoms with Gasteiger partial charge in [-0.3, -0.25) is 14.5 Å². The van der Waals surface area contributed by atoms with E-state index in [4.69, 9.17) is 20.3 Å². The zero-order chi connectivity index (χ0) is 29.1. The van der Waals surface area contributed by atoms with Crippen molar-refractivity contribution in [2.24, 2.45) is 0 Å². The first-order valence-corrected chi connectivity index (χ1v) is 13.1. The predicted molar refractivity (Wildman–Crippen MR) is 149 cm³/mol. The number of amides is 1. The van der Waals surface area contributed by atoms with E-state index < -0.39 is 17.5 Å². The van der Waals surface area contributed by atoms with E-state index in [1.807, 2.05) is 6.92 Å². The summed E-state index contributed by atoms with van der Waals surface area (Å²) < 4.78 is 41.7. The number of anilines is 4. The number of carbonyl (C=O) groups excluding carboxylic acids is 1. The number of benzene rings is 1. The predicted octanol–water partition coefficient (Wildman–Crippen LogP) is 4.56. The number of pyridine rings is 1. The topological polar surface area (TPSA) is 142 Å². The summed E-state index contributed by atoms with van der Waals surface area (Å²) in [5, 5.41) is 10.5. The van der Waals surface area contributed by atoms with Crippen molar-refractivity contribution in [3.05, 3.63) is 65.1 Å². The molecule has 0 unspecified atom stereocenters. The van der Waals surface area contributed by atoms with Crippen LogP contribution in [-0.2, 0) is 16.1 Å². The molecule has 0 aliphatic heterocycles. The molecule has 3 heterocycles. The van der Waals surface area contributed by atoms with E-state index in [2.05, 4.69) is 25.6 Å². The van der Waals surface area contributed by atoms with Crippen LogP contribution in [-0.4, -0.2) is 51.0 Å². The third kappa shape index (κ3) is 6.09. The van der Waals surface area contributed by atoms with Crippen LogP contribution < -0.4 is 21.1 Å². The zero-order valence-corrected chi connectivity index (χ0v) is 22.9. The van der Waals surface area contributed by atoms with Gasteiger partial charge in [0.1, 0.15) is 35.4 Å². The minimum absolute atomic E-state index is 0.00142. The number of aromatic nitrogens is 5. The van der Waals surface area contributed by atoms with E-state index in [9.17, 15) is 13.6 Å². The van der Waals surface area contributed by atoms with Gasteiger partial charge in [-0.2, -0.15) is 5.10 Å². The largest absolute Gasteiger partial charge is 0.494 e. The standard InChI is InChI=1S/C28H30F2N8O3/c1-4-41-18-11-20(29)19(21(30)12-18)13-38-25(16-5-6-16)15(2)23(37-38)27-35-26(31)24(34-22(39)14-40-3)28(36-27)33-17-7-9-32-10-8-17/h7-12,16H,4-6,13-14H2,1-3H3,(H,34,39)(H3,31,32,33,35,36). The number of rotatable bonds is 11.